The third kappa shape index (κ3) is 9.68. The van der Waals surface area contributed by atoms with Gasteiger partial charge in [-0.3, -0.25) is 24.5 Å². The fourth-order valence-corrected chi connectivity index (χ4v) is 9.32. The fraction of sp³-hybridized carbons (Fsp3) is 0.756. The highest BCUT2D eigenvalue weighted by Gasteiger charge is 2.57. The summed E-state index contributed by atoms with van der Waals surface area (Å²) in [5.41, 5.74) is -1.58. The Kier molecular flexibility index (Phi) is 14.2. The van der Waals surface area contributed by atoms with Crippen LogP contribution in [0.1, 0.15) is 86.6 Å². The average Bonchev–Trinajstić information content (AvgIpc) is 3.49. The zero-order valence-corrected chi connectivity index (χ0v) is 34.9. The monoisotopic (exact) mass is 803 g/mol. The Hall–Kier alpha value is -3.54. The zero-order chi connectivity index (χ0) is 42.0. The van der Waals surface area contributed by atoms with E-state index in [1.54, 1.807) is 32.9 Å². The van der Waals surface area contributed by atoms with Gasteiger partial charge in [-0.05, 0) is 78.7 Å². The number of aliphatic hydroxyl groups is 1. The second kappa shape index (κ2) is 18.2. The molecular formula is C41H61N3O13. The standard InChI is InChI=1S/C41H61N3O13/c1-11-32-41(8)30(17-33(45)57-41)24(4)34(46)22(2)18-40(7)37(56-39-35(47)31(43(9)10)16-23(3)54-39)25(5)36(26(6)38(48)55-32)51-20-28(21-52-40)42-53-19-27-12-14-29(15-13-27)44(49)50/h12-15,22-26,30-32,35-37,39,47H,11,16-21H2,1-10H3/b42-28+/t22-,23-,24-,25+,26-,30+,31+,32-,35-,36+,37-,39+,40-,41+/m1/s1. The van der Waals surface area contributed by atoms with E-state index in [1.165, 1.54) is 12.1 Å². The minimum absolute atomic E-state index is 0.00152. The number of non-ortho nitro benzene ring substituents is 1. The summed E-state index contributed by atoms with van der Waals surface area (Å²) in [4.78, 5) is 60.0. The van der Waals surface area contributed by atoms with Crippen LogP contribution in [-0.2, 0) is 54.2 Å². The molecule has 318 valence electrons. The highest BCUT2D eigenvalue weighted by atomic mass is 16.7. The largest absolute Gasteiger partial charge is 0.458 e. The highest BCUT2D eigenvalue weighted by Crippen LogP contribution is 2.46. The molecule has 0 saturated carbocycles. The second-order valence-electron chi connectivity index (χ2n) is 17.1. The van der Waals surface area contributed by atoms with Crippen molar-refractivity contribution in [2.24, 2.45) is 34.7 Å². The normalized spacial score (nSPS) is 40.4. The molecule has 1 N–H and O–H groups in total. The minimum Gasteiger partial charge on any atom is -0.458 e. The molecule has 16 heteroatoms. The highest BCUT2D eigenvalue weighted by molar-refractivity contribution is 5.87. The Labute approximate surface area is 335 Å². The number of ketones is 1. The summed E-state index contributed by atoms with van der Waals surface area (Å²) in [5.74, 6) is -4.49. The second-order valence-corrected chi connectivity index (χ2v) is 17.1. The Morgan fingerprint density at radius 1 is 1.04 bits per heavy atom. The van der Waals surface area contributed by atoms with Gasteiger partial charge in [0.15, 0.2) is 6.29 Å². The molecule has 0 aliphatic carbocycles. The lowest BCUT2D eigenvalue weighted by molar-refractivity contribution is -0.384. The Balaban J connectivity index is 1.58. The van der Waals surface area contributed by atoms with E-state index in [-0.39, 0.29) is 56.3 Å². The smallest absolute Gasteiger partial charge is 0.311 e. The number of aliphatic hydroxyl groups excluding tert-OH is 1. The number of nitrogens with zero attached hydrogens (tertiary/aromatic N) is 3. The lowest BCUT2D eigenvalue weighted by Crippen LogP contribution is -2.60. The number of hydrogen-bond acceptors (Lipinski definition) is 15. The molecule has 0 amide bonds. The van der Waals surface area contributed by atoms with Crippen molar-refractivity contribution in [3.63, 3.8) is 0 Å². The molecule has 0 unspecified atom stereocenters. The molecule has 4 aliphatic rings. The number of hydrogen-bond donors (Lipinski definition) is 1. The number of fused-ring (bicyclic) bond motifs is 4. The van der Waals surface area contributed by atoms with Crippen molar-refractivity contribution in [2.45, 2.75) is 142 Å². The van der Waals surface area contributed by atoms with Crippen LogP contribution in [0.4, 0.5) is 5.69 Å². The van der Waals surface area contributed by atoms with Crippen molar-refractivity contribution < 1.29 is 57.7 Å². The molecule has 1 aromatic carbocycles. The summed E-state index contributed by atoms with van der Waals surface area (Å²) >= 11 is 0. The maximum atomic E-state index is 14.5. The first-order valence-electron chi connectivity index (χ1n) is 20.1. The number of Topliss-reactive ketones (excluding diaryl/α,β-unsaturated/α-hetero) is 1. The average molecular weight is 804 g/mol. The molecule has 4 saturated heterocycles. The lowest BCUT2D eigenvalue weighted by atomic mass is 9.70. The van der Waals surface area contributed by atoms with Crippen LogP contribution in [0.15, 0.2) is 29.4 Å². The summed E-state index contributed by atoms with van der Waals surface area (Å²) in [7, 11) is 3.77. The van der Waals surface area contributed by atoms with Crippen LogP contribution in [0.3, 0.4) is 0 Å². The maximum Gasteiger partial charge on any atom is 0.311 e. The Morgan fingerprint density at radius 3 is 2.35 bits per heavy atom. The van der Waals surface area contributed by atoms with Gasteiger partial charge in [-0.15, -0.1) is 0 Å². The molecule has 5 rings (SSSR count). The molecule has 0 radical (unpaired) electrons. The van der Waals surface area contributed by atoms with Crippen molar-refractivity contribution in [1.29, 1.82) is 0 Å². The van der Waals surface area contributed by atoms with Crippen LogP contribution in [0.5, 0.6) is 0 Å². The van der Waals surface area contributed by atoms with Gasteiger partial charge in [0.2, 0.25) is 0 Å². The van der Waals surface area contributed by atoms with Gasteiger partial charge in [0.25, 0.3) is 5.69 Å². The molecule has 57 heavy (non-hydrogen) atoms. The van der Waals surface area contributed by atoms with Gasteiger partial charge < -0.3 is 43.3 Å². The van der Waals surface area contributed by atoms with Crippen LogP contribution in [0.25, 0.3) is 0 Å². The molecule has 14 atom stereocenters. The van der Waals surface area contributed by atoms with Crippen molar-refractivity contribution in [2.75, 3.05) is 27.3 Å². The fourth-order valence-electron chi connectivity index (χ4n) is 9.32. The quantitative estimate of drug-likeness (QED) is 0.217. The maximum absolute atomic E-state index is 14.5. The van der Waals surface area contributed by atoms with Gasteiger partial charge in [-0.25, -0.2) is 0 Å². The van der Waals surface area contributed by atoms with E-state index in [2.05, 4.69) is 5.16 Å². The van der Waals surface area contributed by atoms with E-state index in [1.807, 2.05) is 53.6 Å². The number of nitro benzene ring substituents is 1. The van der Waals surface area contributed by atoms with Gasteiger partial charge in [-0.1, -0.05) is 32.9 Å². The number of carbonyl (C=O) groups excluding carboxylic acids is 3. The third-order valence-electron chi connectivity index (χ3n) is 12.6. The van der Waals surface area contributed by atoms with Crippen LogP contribution >= 0.6 is 0 Å². The van der Waals surface area contributed by atoms with Crippen molar-refractivity contribution in [3.8, 4) is 0 Å². The predicted octanol–water partition coefficient (Wildman–Crippen LogP) is 4.61. The number of benzene rings is 1. The third-order valence-corrected chi connectivity index (χ3v) is 12.6. The first kappa shape index (κ1) is 44.6. The molecule has 16 nitrogen and oxygen atoms in total. The van der Waals surface area contributed by atoms with Crippen molar-refractivity contribution in [3.05, 3.63) is 39.9 Å². The molecule has 0 spiro atoms. The number of esters is 2. The molecule has 4 fully saturated rings. The molecule has 4 aliphatic heterocycles. The van der Waals surface area contributed by atoms with Crippen LogP contribution in [0, 0.1) is 39.7 Å². The Bertz CT molecular complexity index is 1640. The number of cyclic esters (lactones) is 1. The number of ether oxygens (including phenoxy) is 6. The van der Waals surface area contributed by atoms with Crippen molar-refractivity contribution >= 4 is 29.1 Å². The molecule has 2 bridgehead atoms. The SMILES string of the molecule is CC[C@H]1OC(=O)[C@H](C)[C@H]2OC/C(=N\OCc3ccc([N+](=O)[O-])cc3)CO[C@](C)(C[C@@H](C)C(=O)[C@H](C)[C@@H]3CC(=O)O[C@]13C)[C@H](O[C@@H]1O[C@H](C)C[C@H](N(C)C)[C@H]1O)[C@H]2C. The van der Waals surface area contributed by atoms with Crippen LogP contribution in [0.2, 0.25) is 0 Å². The zero-order valence-electron chi connectivity index (χ0n) is 34.9. The van der Waals surface area contributed by atoms with Gasteiger partial charge in [0, 0.05) is 41.8 Å². The first-order chi connectivity index (χ1) is 26.8. The lowest BCUT2D eigenvalue weighted by Gasteiger charge is -2.48. The summed E-state index contributed by atoms with van der Waals surface area (Å²) < 4.78 is 38.7. The van der Waals surface area contributed by atoms with E-state index in [0.29, 0.717) is 24.1 Å². The van der Waals surface area contributed by atoms with E-state index >= 15 is 0 Å². The number of rotatable bonds is 8. The summed E-state index contributed by atoms with van der Waals surface area (Å²) in [6.45, 7) is 14.3. The van der Waals surface area contributed by atoms with Gasteiger partial charge in [0.05, 0.1) is 54.4 Å². The van der Waals surface area contributed by atoms with E-state index in [9.17, 15) is 29.6 Å². The summed E-state index contributed by atoms with van der Waals surface area (Å²) in [5, 5.41) is 27.1. The van der Waals surface area contributed by atoms with Crippen LogP contribution in [-0.4, -0.2) is 120 Å². The van der Waals surface area contributed by atoms with E-state index in [4.69, 9.17) is 33.3 Å². The molecular weight excluding hydrogens is 742 g/mol. The van der Waals surface area contributed by atoms with E-state index < -0.39 is 88.4 Å². The molecule has 4 heterocycles. The summed E-state index contributed by atoms with van der Waals surface area (Å²) in [6, 6.07) is 5.64. The number of oxime groups is 1. The molecule has 0 aromatic heterocycles. The number of nitro groups is 1. The molecule has 1 aromatic rings. The summed E-state index contributed by atoms with van der Waals surface area (Å²) in [6.07, 6.45) is -3.97. The Morgan fingerprint density at radius 2 is 1.72 bits per heavy atom. The van der Waals surface area contributed by atoms with Gasteiger partial charge in [-0.2, -0.15) is 0 Å². The van der Waals surface area contributed by atoms with Gasteiger partial charge in [0.1, 0.15) is 35.9 Å². The first-order valence-corrected chi connectivity index (χ1v) is 20.1. The van der Waals surface area contributed by atoms with Crippen LogP contribution < -0.4 is 0 Å². The number of likely N-dealkylation sites (N-methyl/N-ethyl adjacent to an activating group) is 1. The van der Waals surface area contributed by atoms with E-state index in [0.717, 1.165) is 0 Å². The van der Waals surface area contributed by atoms with Crippen molar-refractivity contribution in [1.82, 2.24) is 4.90 Å². The minimum atomic E-state index is -1.28. The topological polar surface area (TPSA) is 195 Å². The number of carbonyl (C=O) groups is 3. The van der Waals surface area contributed by atoms with Gasteiger partial charge >= 0.3 is 11.9 Å². The predicted molar refractivity (Wildman–Crippen MR) is 206 cm³/mol.